The van der Waals surface area contributed by atoms with Crippen molar-refractivity contribution in [2.75, 3.05) is 0 Å². The molecule has 2 aromatic rings. The fourth-order valence-corrected chi connectivity index (χ4v) is 2.28. The molecule has 2 aromatic heterocycles. The quantitative estimate of drug-likeness (QED) is 0.844. The molecule has 0 radical (unpaired) electrons. The van der Waals surface area contributed by atoms with E-state index in [4.69, 9.17) is 5.11 Å². The van der Waals surface area contributed by atoms with Crippen molar-refractivity contribution < 1.29 is 9.90 Å². The monoisotopic (exact) mass is 271 g/mol. The van der Waals surface area contributed by atoms with E-state index in [1.807, 2.05) is 41.9 Å². The number of carbonyl (C=O) groups is 1. The van der Waals surface area contributed by atoms with Gasteiger partial charge >= 0.3 is 5.97 Å². The topological polar surface area (TPSA) is 77.5 Å². The molecule has 0 aliphatic heterocycles. The van der Waals surface area contributed by atoms with Crippen molar-refractivity contribution in [1.82, 2.24) is 9.72 Å². The lowest BCUT2D eigenvalue weighted by atomic mass is 10.1. The number of rotatable bonds is 6. The lowest BCUT2D eigenvalue weighted by molar-refractivity contribution is -0.139. The Bertz CT molecular complexity index is 655. The van der Waals surface area contributed by atoms with Gasteiger partial charge in [-0.2, -0.15) is 5.26 Å². The zero-order valence-electron chi connectivity index (χ0n) is 11.3. The van der Waals surface area contributed by atoms with Gasteiger partial charge in [0.15, 0.2) is 0 Å². The number of aromatic nitrogens is 1. The summed E-state index contributed by atoms with van der Waals surface area (Å²) in [5.41, 5.74) is 2.26. The van der Waals surface area contributed by atoms with Crippen LogP contribution in [0.15, 0.2) is 30.6 Å². The van der Waals surface area contributed by atoms with Gasteiger partial charge in [-0.15, -0.1) is 0 Å². The summed E-state index contributed by atoms with van der Waals surface area (Å²) in [4.78, 5) is 11.1. The number of fused-ring (bicyclic) bond motifs is 1. The highest BCUT2D eigenvalue weighted by Gasteiger charge is 2.17. The Balaban J connectivity index is 2.21. The molecule has 0 spiro atoms. The number of carboxylic acid groups (broad SMARTS) is 1. The predicted octanol–water partition coefficient (Wildman–Crippen LogP) is 2.15. The van der Waals surface area contributed by atoms with Crippen LogP contribution in [0.25, 0.3) is 5.52 Å². The number of carboxylic acids is 1. The largest absolute Gasteiger partial charge is 0.480 e. The van der Waals surface area contributed by atoms with E-state index in [2.05, 4.69) is 11.4 Å². The van der Waals surface area contributed by atoms with Crippen LogP contribution in [-0.4, -0.2) is 21.5 Å². The van der Waals surface area contributed by atoms with Gasteiger partial charge in [0.1, 0.15) is 12.1 Å². The van der Waals surface area contributed by atoms with Gasteiger partial charge in [0.2, 0.25) is 0 Å². The number of nitriles is 1. The zero-order valence-corrected chi connectivity index (χ0v) is 11.3. The van der Waals surface area contributed by atoms with E-state index < -0.39 is 12.0 Å². The number of pyridine rings is 1. The molecule has 0 bridgehead atoms. The molecule has 2 N–H and O–H groups in total. The molecule has 0 saturated heterocycles. The summed E-state index contributed by atoms with van der Waals surface area (Å²) in [5.74, 6) is -0.853. The molecule has 20 heavy (non-hydrogen) atoms. The molecule has 5 heteroatoms. The summed E-state index contributed by atoms with van der Waals surface area (Å²) in [6.45, 7) is 2.33. The molecule has 1 unspecified atom stereocenters. The minimum Gasteiger partial charge on any atom is -0.480 e. The number of nitrogens with one attached hydrogen (secondary N) is 1. The van der Waals surface area contributed by atoms with Crippen molar-refractivity contribution >= 4 is 11.5 Å². The maximum atomic E-state index is 11.1. The van der Waals surface area contributed by atoms with Gasteiger partial charge in [-0.3, -0.25) is 4.79 Å². The summed E-state index contributed by atoms with van der Waals surface area (Å²) in [6, 6.07) is 7.27. The number of hydrogen-bond acceptors (Lipinski definition) is 3. The summed E-state index contributed by atoms with van der Waals surface area (Å²) in [5, 5.41) is 21.4. The average molecular weight is 271 g/mol. The van der Waals surface area contributed by atoms with Gasteiger partial charge in [0, 0.05) is 24.5 Å². The first-order valence-corrected chi connectivity index (χ1v) is 6.62. The Labute approximate surface area is 117 Å². The van der Waals surface area contributed by atoms with Crippen LogP contribution in [0.5, 0.6) is 0 Å². The molecule has 5 nitrogen and oxygen atoms in total. The van der Waals surface area contributed by atoms with E-state index in [1.165, 1.54) is 0 Å². The van der Waals surface area contributed by atoms with Crippen LogP contribution >= 0.6 is 0 Å². The summed E-state index contributed by atoms with van der Waals surface area (Å²) >= 11 is 0. The van der Waals surface area contributed by atoms with Gasteiger partial charge in [0.25, 0.3) is 0 Å². The first-order valence-electron chi connectivity index (χ1n) is 6.62. The minimum atomic E-state index is -0.853. The van der Waals surface area contributed by atoms with E-state index >= 15 is 0 Å². The van der Waals surface area contributed by atoms with Gasteiger partial charge in [-0.05, 0) is 18.6 Å². The van der Waals surface area contributed by atoms with Crippen molar-refractivity contribution in [3.8, 4) is 6.07 Å². The second kappa shape index (κ2) is 6.22. The Morgan fingerprint density at radius 2 is 2.35 bits per heavy atom. The van der Waals surface area contributed by atoms with Crippen LogP contribution in [0.3, 0.4) is 0 Å². The summed E-state index contributed by atoms with van der Waals surface area (Å²) in [7, 11) is 0. The molecule has 0 aliphatic rings. The molecule has 0 saturated carbocycles. The van der Waals surface area contributed by atoms with Crippen LogP contribution in [-0.2, 0) is 11.3 Å². The van der Waals surface area contributed by atoms with E-state index in [0.29, 0.717) is 18.5 Å². The standard InChI is InChI=1S/C15H17N3O2/c1-2-5-13(15(19)20)17-9-11-10-18-7-4-3-6-14(18)12(11)8-16/h3-4,6-7,10,13,17H,2,5,9H2,1H3,(H,19,20). The van der Waals surface area contributed by atoms with Crippen molar-refractivity contribution in [2.24, 2.45) is 0 Å². The van der Waals surface area contributed by atoms with Gasteiger partial charge < -0.3 is 14.8 Å². The third-order valence-corrected chi connectivity index (χ3v) is 3.29. The molecule has 2 heterocycles. The van der Waals surface area contributed by atoms with E-state index in [1.54, 1.807) is 0 Å². The van der Waals surface area contributed by atoms with Gasteiger partial charge in [-0.1, -0.05) is 19.4 Å². The third kappa shape index (κ3) is 2.81. The SMILES string of the molecule is CCCC(NCc1cn2ccccc2c1C#N)C(=O)O. The second-order valence-corrected chi connectivity index (χ2v) is 4.69. The average Bonchev–Trinajstić information content (AvgIpc) is 2.80. The maximum Gasteiger partial charge on any atom is 0.320 e. The highest BCUT2D eigenvalue weighted by molar-refractivity contribution is 5.73. The molecule has 0 fully saturated rings. The second-order valence-electron chi connectivity index (χ2n) is 4.69. The fraction of sp³-hybridized carbons (Fsp3) is 0.333. The Morgan fingerprint density at radius 1 is 1.55 bits per heavy atom. The van der Waals surface area contributed by atoms with E-state index in [-0.39, 0.29) is 0 Å². The molecule has 1 atom stereocenters. The fourth-order valence-electron chi connectivity index (χ4n) is 2.28. The van der Waals surface area contributed by atoms with Crippen molar-refractivity contribution in [1.29, 1.82) is 5.26 Å². The first-order chi connectivity index (χ1) is 9.67. The lowest BCUT2D eigenvalue weighted by Crippen LogP contribution is -2.36. The van der Waals surface area contributed by atoms with E-state index in [9.17, 15) is 10.1 Å². The Morgan fingerprint density at radius 3 is 3.00 bits per heavy atom. The van der Waals surface area contributed by atoms with Crippen LogP contribution in [0.1, 0.15) is 30.9 Å². The van der Waals surface area contributed by atoms with Crippen molar-refractivity contribution in [2.45, 2.75) is 32.4 Å². The molecular formula is C15H17N3O2. The predicted molar refractivity (Wildman–Crippen MR) is 75.3 cm³/mol. The van der Waals surface area contributed by atoms with Crippen LogP contribution in [0.2, 0.25) is 0 Å². The van der Waals surface area contributed by atoms with Crippen LogP contribution in [0, 0.1) is 11.3 Å². The Hall–Kier alpha value is -2.32. The van der Waals surface area contributed by atoms with Crippen LogP contribution in [0.4, 0.5) is 0 Å². The number of hydrogen-bond donors (Lipinski definition) is 2. The van der Waals surface area contributed by atoms with Crippen molar-refractivity contribution in [3.05, 3.63) is 41.7 Å². The van der Waals surface area contributed by atoms with Gasteiger partial charge in [-0.25, -0.2) is 0 Å². The molecule has 0 aliphatic carbocycles. The van der Waals surface area contributed by atoms with Crippen LogP contribution < -0.4 is 5.32 Å². The number of nitrogens with zero attached hydrogens (tertiary/aromatic N) is 2. The van der Waals surface area contributed by atoms with Gasteiger partial charge in [0.05, 0.1) is 11.1 Å². The molecular weight excluding hydrogens is 254 g/mol. The molecule has 2 rings (SSSR count). The number of aliphatic carboxylic acids is 1. The van der Waals surface area contributed by atoms with Crippen molar-refractivity contribution in [3.63, 3.8) is 0 Å². The minimum absolute atomic E-state index is 0.377. The molecule has 0 amide bonds. The Kier molecular flexibility index (Phi) is 4.38. The molecule has 104 valence electrons. The lowest BCUT2D eigenvalue weighted by Gasteiger charge is -2.12. The molecule has 0 aromatic carbocycles. The highest BCUT2D eigenvalue weighted by atomic mass is 16.4. The first kappa shape index (κ1) is 14.1. The third-order valence-electron chi connectivity index (χ3n) is 3.29. The van der Waals surface area contributed by atoms with E-state index in [0.717, 1.165) is 17.5 Å². The normalized spacial score (nSPS) is 12.2. The highest BCUT2D eigenvalue weighted by Crippen LogP contribution is 2.17. The zero-order chi connectivity index (χ0) is 14.5. The summed E-state index contributed by atoms with van der Waals surface area (Å²) in [6.07, 6.45) is 5.11. The smallest absolute Gasteiger partial charge is 0.320 e. The maximum absolute atomic E-state index is 11.1. The summed E-state index contributed by atoms with van der Waals surface area (Å²) < 4.78 is 1.88.